The zero-order chi connectivity index (χ0) is 18.9. The van der Waals surface area contributed by atoms with Crippen molar-refractivity contribution in [3.63, 3.8) is 0 Å². The average Bonchev–Trinajstić information content (AvgIpc) is 2.63. The minimum Gasteiger partial charge on any atom is -0.435 e. The highest BCUT2D eigenvalue weighted by atomic mass is 19.3. The van der Waals surface area contributed by atoms with Crippen LogP contribution in [0.15, 0.2) is 29.3 Å². The second-order valence-corrected chi connectivity index (χ2v) is 6.23. The molecule has 0 unspecified atom stereocenters. The number of piperidine rings is 1. The highest BCUT2D eigenvalue weighted by Gasteiger charge is 2.23. The Morgan fingerprint density at radius 3 is 2.73 bits per heavy atom. The van der Waals surface area contributed by atoms with Crippen molar-refractivity contribution in [2.24, 2.45) is 10.9 Å². The van der Waals surface area contributed by atoms with Crippen LogP contribution in [-0.2, 0) is 11.3 Å². The summed E-state index contributed by atoms with van der Waals surface area (Å²) in [6.07, 6.45) is 2.44. The van der Waals surface area contributed by atoms with E-state index in [0.29, 0.717) is 18.9 Å². The number of carbonyl (C=O) groups is 1. The Kier molecular flexibility index (Phi) is 7.62. The molecule has 1 amide bonds. The van der Waals surface area contributed by atoms with Crippen molar-refractivity contribution in [3.05, 3.63) is 29.8 Å². The molecular formula is C18H26F2N4O2. The maximum absolute atomic E-state index is 12.3. The van der Waals surface area contributed by atoms with Crippen molar-refractivity contribution < 1.29 is 18.3 Å². The minimum atomic E-state index is -2.83. The molecule has 2 rings (SSSR count). The molecule has 2 N–H and O–H groups in total. The van der Waals surface area contributed by atoms with Gasteiger partial charge >= 0.3 is 6.61 Å². The van der Waals surface area contributed by atoms with Crippen molar-refractivity contribution in [1.82, 2.24) is 15.5 Å². The summed E-state index contributed by atoms with van der Waals surface area (Å²) in [6.45, 7) is -0.709. The SMILES string of the molecule is CN=C(NCc1cccc(OC(F)F)c1)N1CCC(CC(=O)NC)CC1. The zero-order valence-corrected chi connectivity index (χ0v) is 15.2. The monoisotopic (exact) mass is 368 g/mol. The van der Waals surface area contributed by atoms with Gasteiger partial charge in [-0.3, -0.25) is 9.79 Å². The molecule has 26 heavy (non-hydrogen) atoms. The molecule has 1 fully saturated rings. The van der Waals surface area contributed by atoms with E-state index in [2.05, 4.69) is 25.3 Å². The van der Waals surface area contributed by atoms with E-state index in [1.807, 2.05) is 6.07 Å². The number of aliphatic imine (C=N–C) groups is 1. The molecular weight excluding hydrogens is 342 g/mol. The van der Waals surface area contributed by atoms with Crippen LogP contribution in [0.5, 0.6) is 5.75 Å². The van der Waals surface area contributed by atoms with Crippen LogP contribution in [0, 0.1) is 5.92 Å². The molecule has 1 saturated heterocycles. The number of benzene rings is 1. The zero-order valence-electron chi connectivity index (χ0n) is 15.2. The van der Waals surface area contributed by atoms with Gasteiger partial charge in [0.2, 0.25) is 5.91 Å². The summed E-state index contributed by atoms with van der Waals surface area (Å²) < 4.78 is 29.0. The number of halogens is 2. The fourth-order valence-corrected chi connectivity index (χ4v) is 3.06. The molecule has 6 nitrogen and oxygen atoms in total. The van der Waals surface area contributed by atoms with E-state index < -0.39 is 6.61 Å². The summed E-state index contributed by atoms with van der Waals surface area (Å²) in [6, 6.07) is 6.61. The number of ether oxygens (including phenoxy) is 1. The molecule has 0 aromatic heterocycles. The van der Waals surface area contributed by atoms with E-state index in [1.54, 1.807) is 26.2 Å². The van der Waals surface area contributed by atoms with E-state index in [9.17, 15) is 13.6 Å². The van der Waals surface area contributed by atoms with Gasteiger partial charge in [0.15, 0.2) is 5.96 Å². The summed E-state index contributed by atoms with van der Waals surface area (Å²) in [5.41, 5.74) is 0.832. The second-order valence-electron chi connectivity index (χ2n) is 6.23. The minimum absolute atomic E-state index is 0.0804. The van der Waals surface area contributed by atoms with Gasteiger partial charge in [-0.05, 0) is 36.5 Å². The van der Waals surface area contributed by atoms with Crippen LogP contribution in [-0.4, -0.2) is 50.6 Å². The Morgan fingerprint density at radius 2 is 2.12 bits per heavy atom. The smallest absolute Gasteiger partial charge is 0.387 e. The Morgan fingerprint density at radius 1 is 1.38 bits per heavy atom. The van der Waals surface area contributed by atoms with Crippen LogP contribution >= 0.6 is 0 Å². The topological polar surface area (TPSA) is 66.0 Å². The maximum Gasteiger partial charge on any atom is 0.387 e. The van der Waals surface area contributed by atoms with Crippen molar-refractivity contribution >= 4 is 11.9 Å². The van der Waals surface area contributed by atoms with E-state index in [4.69, 9.17) is 0 Å². The largest absolute Gasteiger partial charge is 0.435 e. The third kappa shape index (κ3) is 6.16. The number of carbonyl (C=O) groups excluding carboxylic acids is 1. The van der Waals surface area contributed by atoms with E-state index in [-0.39, 0.29) is 11.7 Å². The predicted octanol–water partition coefficient (Wildman–Crippen LogP) is 2.21. The predicted molar refractivity (Wildman–Crippen MR) is 96.3 cm³/mol. The lowest BCUT2D eigenvalue weighted by molar-refractivity contribution is -0.121. The highest BCUT2D eigenvalue weighted by molar-refractivity contribution is 5.80. The van der Waals surface area contributed by atoms with E-state index in [0.717, 1.165) is 37.5 Å². The Labute approximate surface area is 152 Å². The van der Waals surface area contributed by atoms with Gasteiger partial charge in [-0.15, -0.1) is 0 Å². The molecule has 1 aromatic carbocycles. The van der Waals surface area contributed by atoms with Crippen LogP contribution in [0.2, 0.25) is 0 Å². The lowest BCUT2D eigenvalue weighted by Gasteiger charge is -2.34. The average molecular weight is 368 g/mol. The molecule has 0 spiro atoms. The van der Waals surface area contributed by atoms with Crippen LogP contribution in [0.3, 0.4) is 0 Å². The quantitative estimate of drug-likeness (QED) is 0.597. The fourth-order valence-electron chi connectivity index (χ4n) is 3.06. The van der Waals surface area contributed by atoms with Crippen LogP contribution in [0.1, 0.15) is 24.8 Å². The molecule has 0 radical (unpaired) electrons. The van der Waals surface area contributed by atoms with Crippen LogP contribution in [0.25, 0.3) is 0 Å². The molecule has 0 saturated carbocycles. The number of amides is 1. The number of hydrogen-bond acceptors (Lipinski definition) is 3. The molecule has 1 aliphatic rings. The first-order valence-corrected chi connectivity index (χ1v) is 8.71. The lowest BCUT2D eigenvalue weighted by Crippen LogP contribution is -2.45. The first-order valence-electron chi connectivity index (χ1n) is 8.71. The van der Waals surface area contributed by atoms with Crippen molar-refractivity contribution in [2.75, 3.05) is 27.2 Å². The first-order chi connectivity index (χ1) is 12.5. The standard InChI is InChI=1S/C18H26F2N4O2/c1-21-16(25)11-13-6-8-24(9-7-13)18(22-2)23-12-14-4-3-5-15(10-14)26-17(19)20/h3-5,10,13,17H,6-9,11-12H2,1-2H3,(H,21,25)(H,22,23). The Balaban J connectivity index is 1.84. The molecule has 1 aromatic rings. The first kappa shape index (κ1) is 19.9. The van der Waals surface area contributed by atoms with Gasteiger partial charge in [0.25, 0.3) is 0 Å². The summed E-state index contributed by atoms with van der Waals surface area (Å²) in [5, 5.41) is 5.92. The summed E-state index contributed by atoms with van der Waals surface area (Å²) in [7, 11) is 3.37. The van der Waals surface area contributed by atoms with Crippen molar-refractivity contribution in [2.45, 2.75) is 32.4 Å². The number of alkyl halides is 2. The number of likely N-dealkylation sites (tertiary alicyclic amines) is 1. The summed E-state index contributed by atoms with van der Waals surface area (Å²) in [5.74, 6) is 1.39. The van der Waals surface area contributed by atoms with Gasteiger partial charge in [-0.25, -0.2) is 0 Å². The van der Waals surface area contributed by atoms with E-state index in [1.165, 1.54) is 6.07 Å². The molecule has 0 atom stereocenters. The second kappa shape index (κ2) is 9.94. The molecule has 144 valence electrons. The third-order valence-electron chi connectivity index (χ3n) is 4.45. The van der Waals surface area contributed by atoms with Gasteiger partial charge in [-0.2, -0.15) is 8.78 Å². The Bertz CT molecular complexity index is 617. The molecule has 0 aliphatic carbocycles. The number of rotatable bonds is 6. The number of hydrogen-bond donors (Lipinski definition) is 2. The summed E-state index contributed by atoms with van der Waals surface area (Å²) >= 11 is 0. The van der Waals surface area contributed by atoms with Crippen LogP contribution in [0.4, 0.5) is 8.78 Å². The maximum atomic E-state index is 12.3. The Hall–Kier alpha value is -2.38. The third-order valence-corrected chi connectivity index (χ3v) is 4.45. The van der Waals surface area contributed by atoms with Crippen LogP contribution < -0.4 is 15.4 Å². The van der Waals surface area contributed by atoms with Gasteiger partial charge < -0.3 is 20.3 Å². The summed E-state index contributed by atoms with van der Waals surface area (Å²) in [4.78, 5) is 17.9. The molecule has 0 bridgehead atoms. The van der Waals surface area contributed by atoms with Crippen molar-refractivity contribution in [1.29, 1.82) is 0 Å². The molecule has 1 heterocycles. The lowest BCUT2D eigenvalue weighted by atomic mass is 9.93. The normalized spacial score (nSPS) is 15.9. The van der Waals surface area contributed by atoms with Gasteiger partial charge in [0.1, 0.15) is 5.75 Å². The number of nitrogens with zero attached hydrogens (tertiary/aromatic N) is 2. The van der Waals surface area contributed by atoms with Gasteiger partial charge in [0, 0.05) is 40.2 Å². The van der Waals surface area contributed by atoms with E-state index >= 15 is 0 Å². The number of nitrogens with one attached hydrogen (secondary N) is 2. The van der Waals surface area contributed by atoms with Crippen molar-refractivity contribution in [3.8, 4) is 5.75 Å². The molecule has 1 aliphatic heterocycles. The van der Waals surface area contributed by atoms with Gasteiger partial charge in [-0.1, -0.05) is 12.1 Å². The highest BCUT2D eigenvalue weighted by Crippen LogP contribution is 2.21. The number of guanidine groups is 1. The van der Waals surface area contributed by atoms with Gasteiger partial charge in [0.05, 0.1) is 0 Å². The molecule has 8 heteroatoms. The fraction of sp³-hybridized carbons (Fsp3) is 0.556.